The normalized spacial score (nSPS) is 16.8. The lowest BCUT2D eigenvalue weighted by molar-refractivity contribution is -0.181. The number of likely N-dealkylation sites (tertiary alicyclic amines) is 1. The molecule has 3 heterocycles. The van der Waals surface area contributed by atoms with Gasteiger partial charge in [-0.1, -0.05) is 23.5 Å². The summed E-state index contributed by atoms with van der Waals surface area (Å²) in [5, 5.41) is 14.3. The van der Waals surface area contributed by atoms with Gasteiger partial charge in [0, 0.05) is 24.3 Å². The van der Waals surface area contributed by atoms with Crippen LogP contribution >= 0.6 is 11.3 Å². The van der Waals surface area contributed by atoms with Crippen LogP contribution < -0.4 is 21.8 Å². The van der Waals surface area contributed by atoms with Gasteiger partial charge in [0.05, 0.1) is 22.7 Å². The minimum atomic E-state index is -4.52. The van der Waals surface area contributed by atoms with E-state index in [1.54, 1.807) is 25.1 Å². The summed E-state index contributed by atoms with van der Waals surface area (Å²) in [6, 6.07) is 6.63. The highest BCUT2D eigenvalue weighted by molar-refractivity contribution is 7.19. The summed E-state index contributed by atoms with van der Waals surface area (Å²) in [6.07, 6.45) is -3.18. The van der Waals surface area contributed by atoms with Gasteiger partial charge in [-0.05, 0) is 62.6 Å². The van der Waals surface area contributed by atoms with Crippen LogP contribution in [0.25, 0.3) is 10.4 Å². The van der Waals surface area contributed by atoms with E-state index < -0.39 is 41.5 Å². The highest BCUT2D eigenvalue weighted by Gasteiger charge is 2.49. The summed E-state index contributed by atoms with van der Waals surface area (Å²) >= 11 is 1.05. The van der Waals surface area contributed by atoms with E-state index in [1.165, 1.54) is 34.8 Å². The molecule has 2 aromatic heterocycles. The van der Waals surface area contributed by atoms with E-state index in [9.17, 15) is 32.3 Å². The molecule has 1 fully saturated rings. The molecule has 0 unspecified atom stereocenters. The topological polar surface area (TPSA) is 180 Å². The predicted molar refractivity (Wildman–Crippen MR) is 154 cm³/mol. The van der Waals surface area contributed by atoms with Gasteiger partial charge in [0.1, 0.15) is 11.5 Å². The van der Waals surface area contributed by atoms with E-state index in [2.05, 4.69) is 20.6 Å². The smallest absolute Gasteiger partial charge is 0.368 e. The van der Waals surface area contributed by atoms with Crippen molar-refractivity contribution in [2.75, 3.05) is 11.9 Å². The van der Waals surface area contributed by atoms with Crippen molar-refractivity contribution >= 4 is 40.2 Å². The molecular formula is C28H30F3N7O5S. The number of urea groups is 1. The number of aromatic nitrogens is 2. The monoisotopic (exact) mass is 633 g/mol. The Morgan fingerprint density at radius 1 is 1.14 bits per heavy atom. The molecule has 0 saturated carbocycles. The minimum absolute atomic E-state index is 0.0156. The van der Waals surface area contributed by atoms with Gasteiger partial charge in [-0.2, -0.15) is 13.2 Å². The molecule has 1 saturated heterocycles. The number of carbonyl (C=O) groups is 4. The Bertz CT molecular complexity index is 1580. The number of pyridine rings is 1. The van der Waals surface area contributed by atoms with Gasteiger partial charge in [-0.15, -0.1) is 0 Å². The van der Waals surface area contributed by atoms with Crippen molar-refractivity contribution in [2.24, 2.45) is 5.73 Å². The van der Waals surface area contributed by atoms with E-state index in [0.29, 0.717) is 21.7 Å². The maximum Gasteiger partial charge on any atom is 0.399 e. The van der Waals surface area contributed by atoms with E-state index >= 15 is 0 Å². The summed E-state index contributed by atoms with van der Waals surface area (Å²) in [6.45, 7) is 3.73. The molecule has 0 aliphatic carbocycles. The lowest BCUT2D eigenvalue weighted by atomic mass is 9.87. The number of carbonyl (C=O) groups excluding carboxylic acids is 4. The highest BCUT2D eigenvalue weighted by atomic mass is 32.1. The molecule has 44 heavy (non-hydrogen) atoms. The Labute approximate surface area is 253 Å². The first-order valence-electron chi connectivity index (χ1n) is 13.3. The number of benzene rings is 1. The van der Waals surface area contributed by atoms with Crippen LogP contribution in [0.3, 0.4) is 0 Å². The Morgan fingerprint density at radius 3 is 2.43 bits per heavy atom. The second-order valence-corrected chi connectivity index (χ2v) is 11.8. The number of rotatable bonds is 8. The zero-order valence-electron chi connectivity index (χ0n) is 23.9. The summed E-state index contributed by atoms with van der Waals surface area (Å²) < 4.78 is 40.8. The number of halogens is 3. The molecule has 0 bridgehead atoms. The first-order valence-corrected chi connectivity index (χ1v) is 14.1. The molecule has 12 nitrogen and oxygen atoms in total. The minimum Gasteiger partial charge on any atom is -0.368 e. The van der Waals surface area contributed by atoms with Crippen LogP contribution in [0.5, 0.6) is 0 Å². The van der Waals surface area contributed by atoms with Crippen LogP contribution in [0, 0.1) is 6.92 Å². The summed E-state index contributed by atoms with van der Waals surface area (Å²) in [4.78, 5) is 59.5. The number of thiazole rings is 1. The van der Waals surface area contributed by atoms with Gasteiger partial charge in [-0.3, -0.25) is 29.9 Å². The third kappa shape index (κ3) is 6.97. The van der Waals surface area contributed by atoms with Gasteiger partial charge in [-0.25, -0.2) is 15.3 Å². The van der Waals surface area contributed by atoms with E-state index in [4.69, 9.17) is 10.9 Å². The lowest BCUT2D eigenvalue weighted by Crippen LogP contribution is -2.46. The maximum atomic E-state index is 13.6. The second kappa shape index (κ2) is 12.6. The van der Waals surface area contributed by atoms with Crippen LogP contribution in [-0.4, -0.2) is 68.6 Å². The first kappa shape index (κ1) is 32.3. The second-order valence-electron chi connectivity index (χ2n) is 10.8. The average molecular weight is 634 g/mol. The molecule has 1 aliphatic rings. The number of hydroxylamine groups is 1. The molecule has 6 N–H and O–H groups in total. The molecule has 0 radical (unpaired) electrons. The molecule has 1 aliphatic heterocycles. The molecule has 1 aromatic carbocycles. The van der Waals surface area contributed by atoms with Gasteiger partial charge in [0.15, 0.2) is 5.13 Å². The molecule has 2 atom stereocenters. The fraction of sp³-hybridized carbons (Fsp3) is 0.357. The fourth-order valence-corrected chi connectivity index (χ4v) is 5.63. The Kier molecular flexibility index (Phi) is 9.25. The van der Waals surface area contributed by atoms with Crippen LogP contribution in [0.2, 0.25) is 0 Å². The standard InChI is InChI=1S/C28H30F3N7O5S/c1-14-22(17-8-9-33-20(11-17)27(2,3)28(29,30)31)44-25(34-14)36-26(42)38-13-18(12-19(38)23(32)40)35-21(39)10-15-4-6-16(7-5-15)24(41)37-43/h4-9,11,18-19,43H,10,12-13H2,1-3H3,(H2,32,40)(H,35,39)(H,37,41)(H,34,36,42)/t18-,19+/m1/s1. The predicted octanol–water partition coefficient (Wildman–Crippen LogP) is 3.29. The molecule has 4 rings (SSSR count). The van der Waals surface area contributed by atoms with Crippen molar-refractivity contribution in [3.8, 4) is 10.4 Å². The van der Waals surface area contributed by atoms with Gasteiger partial charge >= 0.3 is 12.2 Å². The number of nitrogens with zero attached hydrogens (tertiary/aromatic N) is 3. The Balaban J connectivity index is 1.43. The lowest BCUT2D eigenvalue weighted by Gasteiger charge is -2.27. The number of nitrogens with two attached hydrogens (primary N) is 1. The third-order valence-electron chi connectivity index (χ3n) is 7.32. The number of nitrogens with one attached hydrogen (secondary N) is 3. The van der Waals surface area contributed by atoms with Gasteiger partial charge in [0.2, 0.25) is 11.8 Å². The number of hydrogen-bond acceptors (Lipinski definition) is 8. The van der Waals surface area contributed by atoms with E-state index in [-0.39, 0.29) is 41.7 Å². The third-order valence-corrected chi connectivity index (χ3v) is 8.44. The summed E-state index contributed by atoms with van der Waals surface area (Å²) in [7, 11) is 0. The van der Waals surface area contributed by atoms with E-state index in [0.717, 1.165) is 25.2 Å². The first-order chi connectivity index (χ1) is 20.6. The van der Waals surface area contributed by atoms with Crippen molar-refractivity contribution in [3.63, 3.8) is 0 Å². The largest absolute Gasteiger partial charge is 0.399 e. The SMILES string of the molecule is Cc1nc(NC(=O)N2C[C@H](NC(=O)Cc3ccc(C(=O)NO)cc3)C[C@H]2C(N)=O)sc1-c1ccnc(C(C)(C)C(F)(F)F)c1. The van der Waals surface area contributed by atoms with Crippen molar-refractivity contribution in [2.45, 2.75) is 57.3 Å². The molecule has 5 amide bonds. The van der Waals surface area contributed by atoms with Crippen LogP contribution in [0.4, 0.5) is 23.1 Å². The average Bonchev–Trinajstić information content (AvgIpc) is 3.55. The van der Waals surface area contributed by atoms with Gasteiger partial charge < -0.3 is 16.0 Å². The van der Waals surface area contributed by atoms with Crippen molar-refractivity contribution in [1.82, 2.24) is 25.7 Å². The molecule has 16 heteroatoms. The molecule has 0 spiro atoms. The maximum absolute atomic E-state index is 13.6. The number of anilines is 1. The van der Waals surface area contributed by atoms with Crippen molar-refractivity contribution < 1.29 is 37.6 Å². The zero-order valence-corrected chi connectivity index (χ0v) is 24.7. The van der Waals surface area contributed by atoms with Gasteiger partial charge in [0.25, 0.3) is 5.91 Å². The van der Waals surface area contributed by atoms with Crippen LogP contribution in [0.1, 0.15) is 47.6 Å². The number of alkyl halides is 3. The van der Waals surface area contributed by atoms with Crippen LogP contribution in [-0.2, 0) is 21.4 Å². The number of aryl methyl sites for hydroxylation is 1. The molecule has 3 aromatic rings. The number of hydrogen-bond donors (Lipinski definition) is 5. The van der Waals surface area contributed by atoms with Crippen molar-refractivity contribution in [3.05, 3.63) is 65.1 Å². The van der Waals surface area contributed by atoms with Crippen molar-refractivity contribution in [1.29, 1.82) is 0 Å². The summed E-state index contributed by atoms with van der Waals surface area (Å²) in [5.41, 5.74) is 6.43. The number of primary amides is 1. The quantitative estimate of drug-likeness (QED) is 0.187. The molecular weight excluding hydrogens is 603 g/mol. The molecule has 234 valence electrons. The highest BCUT2D eigenvalue weighted by Crippen LogP contribution is 2.41. The Hall–Kier alpha value is -4.57. The fourth-order valence-electron chi connectivity index (χ4n) is 4.68. The van der Waals surface area contributed by atoms with Crippen LogP contribution in [0.15, 0.2) is 42.6 Å². The Morgan fingerprint density at radius 2 is 1.82 bits per heavy atom. The number of amides is 5. The van der Waals surface area contributed by atoms with E-state index in [1.807, 2.05) is 0 Å². The zero-order chi connectivity index (χ0) is 32.4. The summed E-state index contributed by atoms with van der Waals surface area (Å²) in [5.74, 6) is -1.84.